The maximum atomic E-state index is 11.5. The molecule has 208 valence electrons. The van der Waals surface area contributed by atoms with E-state index in [0.29, 0.717) is 18.6 Å². The fourth-order valence-corrected chi connectivity index (χ4v) is 7.15. The van der Waals surface area contributed by atoms with Crippen LogP contribution in [0.5, 0.6) is 0 Å². The third-order valence-electron chi connectivity index (χ3n) is 7.76. The Morgan fingerprint density at radius 2 is 1.68 bits per heavy atom. The molecular weight excluding hydrogens is 734 g/mol. The summed E-state index contributed by atoms with van der Waals surface area (Å²) in [5, 5.41) is 20.5. The zero-order valence-electron chi connectivity index (χ0n) is 22.7. The van der Waals surface area contributed by atoms with Gasteiger partial charge in [-0.1, -0.05) is 22.6 Å². The molecule has 0 saturated carbocycles. The Bertz CT molecular complexity index is 1730. The van der Waals surface area contributed by atoms with Crippen molar-refractivity contribution >= 4 is 86.8 Å². The van der Waals surface area contributed by atoms with Crippen molar-refractivity contribution in [3.05, 3.63) is 73.3 Å². The highest BCUT2D eigenvalue weighted by atomic mass is 127. The Kier molecular flexibility index (Phi) is 7.85. The second-order valence-electron chi connectivity index (χ2n) is 10.5. The highest BCUT2D eigenvalue weighted by Gasteiger charge is 2.41. The van der Waals surface area contributed by atoms with Gasteiger partial charge in [-0.3, -0.25) is 14.6 Å². The Labute approximate surface area is 259 Å². The summed E-state index contributed by atoms with van der Waals surface area (Å²) in [6.45, 7) is 8.15. The van der Waals surface area contributed by atoms with E-state index in [0.717, 1.165) is 66.9 Å². The molecule has 0 amide bonds. The van der Waals surface area contributed by atoms with E-state index in [1.54, 1.807) is 0 Å². The Morgan fingerprint density at radius 3 is 2.38 bits per heavy atom. The SMILES string of the molecule is CC1=CC2=NC1(I)C(I)c1cc(C)c([nH]1)C=C1N=C(C=c3[nH]c(c(C)c3CCC(=O)O)=C2)C(CCC(=O)O)=C1C. The number of alkyl halides is 2. The normalized spacial score (nSPS) is 21.8. The van der Waals surface area contributed by atoms with Crippen LogP contribution in [0.2, 0.25) is 0 Å². The number of nitrogens with one attached hydrogen (secondary N) is 2. The molecule has 0 radical (unpaired) electrons. The van der Waals surface area contributed by atoms with Gasteiger partial charge in [-0.05, 0) is 127 Å². The molecule has 2 aromatic heterocycles. The third kappa shape index (κ3) is 5.31. The summed E-state index contributed by atoms with van der Waals surface area (Å²) < 4.78 is -0.431. The van der Waals surface area contributed by atoms with Gasteiger partial charge in [-0.25, -0.2) is 4.99 Å². The maximum Gasteiger partial charge on any atom is 0.303 e. The van der Waals surface area contributed by atoms with Crippen molar-refractivity contribution in [1.29, 1.82) is 0 Å². The van der Waals surface area contributed by atoms with E-state index in [-0.39, 0.29) is 16.8 Å². The number of aromatic amines is 2. The lowest BCUT2D eigenvalue weighted by Gasteiger charge is -2.26. The molecule has 2 atom stereocenters. The molecule has 3 aliphatic heterocycles. The van der Waals surface area contributed by atoms with Gasteiger partial charge in [0.15, 0.2) is 3.55 Å². The van der Waals surface area contributed by atoms with Crippen LogP contribution in [0.4, 0.5) is 0 Å². The number of carboxylic acid groups (broad SMARTS) is 2. The van der Waals surface area contributed by atoms with Gasteiger partial charge in [0, 0.05) is 34.9 Å². The first-order valence-corrected chi connectivity index (χ1v) is 15.4. The first kappa shape index (κ1) is 28.8. The molecule has 10 heteroatoms. The molecule has 8 bridgehead atoms. The van der Waals surface area contributed by atoms with Crippen molar-refractivity contribution in [3.8, 4) is 0 Å². The lowest BCUT2D eigenvalue weighted by molar-refractivity contribution is -0.137. The number of allylic oxidation sites excluding steroid dienone is 3. The predicted octanol–water partition coefficient (Wildman–Crippen LogP) is 5.24. The number of fused-ring (bicyclic) bond motifs is 6. The number of aromatic nitrogens is 2. The highest BCUT2D eigenvalue weighted by Crippen LogP contribution is 2.49. The van der Waals surface area contributed by atoms with Gasteiger partial charge in [-0.15, -0.1) is 0 Å². The number of H-pyrrole nitrogens is 2. The molecule has 3 aliphatic rings. The van der Waals surface area contributed by atoms with Crippen LogP contribution in [0.3, 0.4) is 0 Å². The second kappa shape index (κ2) is 10.9. The fourth-order valence-electron chi connectivity index (χ4n) is 5.41. The minimum absolute atomic E-state index is 0.00110. The topological polar surface area (TPSA) is 131 Å². The quantitative estimate of drug-likeness (QED) is 0.182. The van der Waals surface area contributed by atoms with Crippen LogP contribution in [0.1, 0.15) is 65.1 Å². The number of aliphatic imine (C=N–C) groups is 2. The molecule has 0 aliphatic carbocycles. The number of rotatable bonds is 6. The summed E-state index contributed by atoms with van der Waals surface area (Å²) in [5.41, 5.74) is 10.3. The van der Waals surface area contributed by atoms with Crippen molar-refractivity contribution in [2.75, 3.05) is 0 Å². The van der Waals surface area contributed by atoms with Gasteiger partial charge in [0.1, 0.15) is 0 Å². The Hall–Kier alpha value is -2.74. The molecule has 8 nitrogen and oxygen atoms in total. The number of carboxylic acids is 2. The zero-order valence-corrected chi connectivity index (χ0v) is 27.0. The van der Waals surface area contributed by atoms with Crippen LogP contribution < -0.4 is 10.7 Å². The summed E-state index contributed by atoms with van der Waals surface area (Å²) in [4.78, 5) is 40.2. The van der Waals surface area contributed by atoms with Crippen molar-refractivity contribution in [1.82, 2.24) is 9.97 Å². The fraction of sp³-hybridized carbons (Fsp3) is 0.333. The van der Waals surface area contributed by atoms with E-state index in [1.807, 2.05) is 32.1 Å². The van der Waals surface area contributed by atoms with Gasteiger partial charge in [0.25, 0.3) is 0 Å². The zero-order chi connectivity index (χ0) is 28.9. The van der Waals surface area contributed by atoms with Gasteiger partial charge in [-0.2, -0.15) is 0 Å². The van der Waals surface area contributed by atoms with Crippen LogP contribution in [0, 0.1) is 13.8 Å². The van der Waals surface area contributed by atoms with Crippen molar-refractivity contribution in [2.45, 2.75) is 60.8 Å². The molecular formula is C30H30I2N4O4. The van der Waals surface area contributed by atoms with E-state index in [4.69, 9.17) is 9.98 Å². The summed E-state index contributed by atoms with van der Waals surface area (Å²) >= 11 is 4.90. The minimum Gasteiger partial charge on any atom is -0.481 e. The summed E-state index contributed by atoms with van der Waals surface area (Å²) in [6.07, 6.45) is 8.79. The number of hydrogen-bond acceptors (Lipinski definition) is 4. The van der Waals surface area contributed by atoms with E-state index in [1.165, 1.54) is 0 Å². The average molecular weight is 764 g/mol. The summed E-state index contributed by atoms with van der Waals surface area (Å²) in [7, 11) is 0. The van der Waals surface area contributed by atoms with Crippen LogP contribution >= 0.6 is 45.2 Å². The number of carbonyl (C=O) groups is 2. The predicted molar refractivity (Wildman–Crippen MR) is 175 cm³/mol. The molecule has 5 rings (SSSR count). The van der Waals surface area contributed by atoms with E-state index in [9.17, 15) is 19.8 Å². The van der Waals surface area contributed by atoms with Gasteiger partial charge in [0.05, 0.1) is 21.0 Å². The molecule has 4 N–H and O–H groups in total. The number of aryl methyl sites for hydroxylation is 1. The third-order valence-corrected chi connectivity index (χ3v) is 12.2. The minimum atomic E-state index is -0.866. The number of halogens is 2. The molecule has 5 heterocycles. The number of aliphatic carboxylic acids is 2. The van der Waals surface area contributed by atoms with E-state index < -0.39 is 15.5 Å². The van der Waals surface area contributed by atoms with Crippen LogP contribution in [0.15, 0.2) is 44.5 Å². The molecule has 0 saturated heterocycles. The first-order valence-electron chi connectivity index (χ1n) is 13.0. The number of hydrogen-bond donors (Lipinski definition) is 4. The van der Waals surface area contributed by atoms with Gasteiger partial charge < -0.3 is 20.2 Å². The monoisotopic (exact) mass is 764 g/mol. The molecule has 2 unspecified atom stereocenters. The Morgan fingerprint density at radius 1 is 0.975 bits per heavy atom. The van der Waals surface area contributed by atoms with Crippen molar-refractivity contribution < 1.29 is 19.8 Å². The molecule has 0 spiro atoms. The maximum absolute atomic E-state index is 11.5. The van der Waals surface area contributed by atoms with Crippen LogP contribution in [0.25, 0.3) is 18.2 Å². The standard InChI is InChI=1S/C30H30I2N4O4/c1-14-9-26-29(31)30(32)15(2)10-18(36-30)11-22-16(3)19(5-7-27(37)38)24(34-22)13-25-20(6-8-28(39)40)17(4)23(35-25)12-21(14)33-26/h9-13,29,33-34H,5-8H2,1-4H3,(H,37,38)(H,39,40). The van der Waals surface area contributed by atoms with Crippen molar-refractivity contribution in [3.63, 3.8) is 0 Å². The molecule has 2 aromatic rings. The Balaban J connectivity index is 1.80. The van der Waals surface area contributed by atoms with E-state index in [2.05, 4.69) is 81.1 Å². The average Bonchev–Trinajstić information content (AvgIpc) is 3.56. The van der Waals surface area contributed by atoms with E-state index >= 15 is 0 Å². The number of nitrogens with zero attached hydrogens (tertiary/aromatic N) is 2. The van der Waals surface area contributed by atoms with Crippen LogP contribution in [-0.2, 0) is 16.0 Å². The highest BCUT2D eigenvalue weighted by molar-refractivity contribution is 14.1. The lowest BCUT2D eigenvalue weighted by atomic mass is 9.99. The van der Waals surface area contributed by atoms with Crippen molar-refractivity contribution in [2.24, 2.45) is 9.98 Å². The first-order chi connectivity index (χ1) is 18.9. The van der Waals surface area contributed by atoms with Crippen LogP contribution in [-0.4, -0.2) is 47.1 Å². The molecule has 0 fully saturated rings. The largest absolute Gasteiger partial charge is 0.481 e. The van der Waals surface area contributed by atoms with Gasteiger partial charge in [0.2, 0.25) is 0 Å². The van der Waals surface area contributed by atoms with Gasteiger partial charge >= 0.3 is 11.9 Å². The summed E-state index contributed by atoms with van der Waals surface area (Å²) in [5.74, 6) is -1.73. The molecule has 40 heavy (non-hydrogen) atoms. The summed E-state index contributed by atoms with van der Waals surface area (Å²) in [6, 6.07) is 2.17. The molecule has 0 aromatic carbocycles. The second-order valence-corrected chi connectivity index (χ2v) is 13.4. The smallest absolute Gasteiger partial charge is 0.303 e. The lowest BCUT2D eigenvalue weighted by Crippen LogP contribution is -2.23.